The van der Waals surface area contributed by atoms with Crippen LogP contribution >= 0.6 is 11.3 Å². The zero-order chi connectivity index (χ0) is 20.7. The molecular weight excluding hydrogens is 396 g/mol. The zero-order valence-electron chi connectivity index (χ0n) is 17.7. The van der Waals surface area contributed by atoms with Crippen molar-refractivity contribution >= 4 is 22.4 Å². The fraction of sp³-hybridized carbons (Fsp3) is 0.565. The van der Waals surface area contributed by atoms with Crippen LogP contribution in [0.1, 0.15) is 49.8 Å². The molecule has 1 heterocycles. The number of nitrogens with one attached hydrogen (secondary N) is 1. The number of aromatic nitrogens is 1. The van der Waals surface area contributed by atoms with Crippen molar-refractivity contribution < 1.29 is 9.47 Å². The molecule has 0 amide bonds. The highest BCUT2D eigenvalue weighted by Gasteiger charge is 2.52. The predicted octanol–water partition coefficient (Wildman–Crippen LogP) is 4.55. The second-order valence-electron chi connectivity index (χ2n) is 9.20. The van der Waals surface area contributed by atoms with Crippen LogP contribution in [-0.4, -0.2) is 25.2 Å². The number of nitrogens with zero attached hydrogens (tertiary/aromatic N) is 2. The molecule has 1 aromatic carbocycles. The van der Waals surface area contributed by atoms with Crippen LogP contribution in [0.4, 0.5) is 5.13 Å². The Balaban J connectivity index is 1.29. The average molecular weight is 427 g/mol. The summed E-state index contributed by atoms with van der Waals surface area (Å²) in [4.78, 5) is 9.46. The number of methoxy groups -OCH3 is 2. The summed E-state index contributed by atoms with van der Waals surface area (Å²) in [6.07, 6.45) is 8.29. The van der Waals surface area contributed by atoms with Crippen LogP contribution in [0.25, 0.3) is 0 Å². The first-order valence-electron chi connectivity index (χ1n) is 10.8. The monoisotopic (exact) mass is 426 g/mol. The minimum Gasteiger partial charge on any atom is -0.496 e. The lowest BCUT2D eigenvalue weighted by Gasteiger charge is -2.56. The highest BCUT2D eigenvalue weighted by atomic mass is 32.1. The zero-order valence-corrected chi connectivity index (χ0v) is 18.5. The molecule has 0 saturated heterocycles. The van der Waals surface area contributed by atoms with E-state index >= 15 is 0 Å². The summed E-state index contributed by atoms with van der Waals surface area (Å²) in [5.74, 6) is 4.58. The van der Waals surface area contributed by atoms with E-state index in [1.807, 2.05) is 18.2 Å². The van der Waals surface area contributed by atoms with Crippen molar-refractivity contribution in [3.8, 4) is 11.5 Å². The van der Waals surface area contributed by atoms with E-state index in [1.165, 1.54) is 44.2 Å². The van der Waals surface area contributed by atoms with Crippen molar-refractivity contribution in [2.24, 2.45) is 28.5 Å². The Bertz CT molecular complexity index is 897. The van der Waals surface area contributed by atoms with Crippen molar-refractivity contribution in [2.75, 3.05) is 19.5 Å². The summed E-state index contributed by atoms with van der Waals surface area (Å²) in [5, 5.41) is 6.26. The number of nitrogens with two attached hydrogens (primary N) is 1. The third-order valence-electron chi connectivity index (χ3n) is 7.26. The van der Waals surface area contributed by atoms with Crippen LogP contribution in [0.5, 0.6) is 11.5 Å². The topological polar surface area (TPSA) is 81.8 Å². The van der Waals surface area contributed by atoms with E-state index in [9.17, 15) is 0 Å². The van der Waals surface area contributed by atoms with Gasteiger partial charge in [0.05, 0.1) is 32.0 Å². The molecule has 4 aliphatic carbocycles. The Morgan fingerprint density at radius 3 is 2.30 bits per heavy atom. The van der Waals surface area contributed by atoms with Crippen molar-refractivity contribution in [3.05, 3.63) is 34.8 Å². The first-order valence-corrected chi connectivity index (χ1v) is 11.7. The molecule has 6 rings (SSSR count). The van der Waals surface area contributed by atoms with Gasteiger partial charge >= 0.3 is 0 Å². The van der Waals surface area contributed by atoms with Gasteiger partial charge in [-0.3, -0.25) is 0 Å². The number of hydrogen-bond acceptors (Lipinski definition) is 5. The third kappa shape index (κ3) is 3.53. The lowest BCUT2D eigenvalue weighted by atomic mass is 9.49. The first kappa shape index (κ1) is 19.7. The molecule has 160 valence electrons. The number of anilines is 1. The van der Waals surface area contributed by atoms with Gasteiger partial charge in [-0.05, 0) is 68.4 Å². The van der Waals surface area contributed by atoms with Gasteiger partial charge in [0.2, 0.25) is 0 Å². The summed E-state index contributed by atoms with van der Waals surface area (Å²) in [7, 11) is 3.29. The molecule has 4 aliphatic rings. The molecule has 7 heteroatoms. The van der Waals surface area contributed by atoms with Crippen LogP contribution in [0.3, 0.4) is 0 Å². The molecule has 2 aromatic rings. The van der Waals surface area contributed by atoms with Crippen LogP contribution in [-0.2, 0) is 12.0 Å². The summed E-state index contributed by atoms with van der Waals surface area (Å²) >= 11 is 1.63. The Hall–Kier alpha value is -2.28. The molecule has 0 unspecified atom stereocenters. The maximum absolute atomic E-state index is 6.18. The van der Waals surface area contributed by atoms with Gasteiger partial charge in [-0.2, -0.15) is 0 Å². The third-order valence-corrected chi connectivity index (χ3v) is 8.02. The minimum absolute atomic E-state index is 0.307. The Labute approximate surface area is 181 Å². The number of ether oxygens (including phenoxy) is 2. The average Bonchev–Trinajstić information content (AvgIpc) is 3.20. The van der Waals surface area contributed by atoms with E-state index < -0.39 is 0 Å². The van der Waals surface area contributed by atoms with Crippen molar-refractivity contribution in [3.63, 3.8) is 0 Å². The quantitative estimate of drug-likeness (QED) is 0.523. The highest BCUT2D eigenvalue weighted by Crippen LogP contribution is 2.60. The smallest absolute Gasteiger partial charge is 0.195 e. The molecule has 0 spiro atoms. The van der Waals surface area contributed by atoms with Crippen LogP contribution in [0.2, 0.25) is 0 Å². The Morgan fingerprint density at radius 2 is 1.73 bits per heavy atom. The maximum atomic E-state index is 6.18. The fourth-order valence-electron chi connectivity index (χ4n) is 6.40. The van der Waals surface area contributed by atoms with E-state index in [-0.39, 0.29) is 0 Å². The molecule has 0 aliphatic heterocycles. The van der Waals surface area contributed by atoms with E-state index in [2.05, 4.69) is 15.7 Å². The molecule has 4 bridgehead atoms. The minimum atomic E-state index is 0.307. The number of aliphatic imine (C=N–C) groups is 1. The van der Waals surface area contributed by atoms with Gasteiger partial charge in [0.1, 0.15) is 11.5 Å². The van der Waals surface area contributed by atoms with Gasteiger partial charge in [-0.1, -0.05) is 6.07 Å². The molecule has 4 saturated carbocycles. The van der Waals surface area contributed by atoms with E-state index in [0.29, 0.717) is 17.9 Å². The van der Waals surface area contributed by atoms with Crippen LogP contribution < -0.4 is 20.5 Å². The molecule has 30 heavy (non-hydrogen) atoms. The number of thiazole rings is 1. The van der Waals surface area contributed by atoms with Gasteiger partial charge < -0.3 is 20.5 Å². The molecule has 6 nitrogen and oxygen atoms in total. The summed E-state index contributed by atoms with van der Waals surface area (Å²) in [6.45, 7) is 0.374. The van der Waals surface area contributed by atoms with Crippen molar-refractivity contribution in [1.29, 1.82) is 0 Å². The molecular formula is C23H30N4O2S. The van der Waals surface area contributed by atoms with Crippen molar-refractivity contribution in [2.45, 2.75) is 50.5 Å². The highest BCUT2D eigenvalue weighted by molar-refractivity contribution is 7.14. The number of hydrogen-bond donors (Lipinski definition) is 2. The van der Waals surface area contributed by atoms with Gasteiger partial charge in [0.15, 0.2) is 11.1 Å². The van der Waals surface area contributed by atoms with E-state index in [4.69, 9.17) is 20.2 Å². The lowest BCUT2D eigenvalue weighted by Crippen LogP contribution is -2.48. The molecule has 3 N–H and O–H groups in total. The maximum Gasteiger partial charge on any atom is 0.195 e. The van der Waals surface area contributed by atoms with E-state index in [0.717, 1.165) is 39.9 Å². The van der Waals surface area contributed by atoms with Crippen LogP contribution in [0.15, 0.2) is 28.6 Å². The number of guanidine groups is 1. The predicted molar refractivity (Wildman–Crippen MR) is 120 cm³/mol. The number of benzene rings is 1. The first-order chi connectivity index (χ1) is 14.6. The van der Waals surface area contributed by atoms with Gasteiger partial charge in [0, 0.05) is 10.8 Å². The standard InChI is InChI=1S/C23H30N4O2S/c1-28-18-4-3-5-19(29-2)17(18)12-25-21(24)27-22-26-20(13-30-22)23-9-14-6-15(10-23)8-16(7-14)11-23/h3-5,13-16H,6-12H2,1-2H3,(H3,24,25,26,27). The van der Waals surface area contributed by atoms with E-state index in [1.54, 1.807) is 25.6 Å². The summed E-state index contributed by atoms with van der Waals surface area (Å²) in [5.41, 5.74) is 8.63. The molecule has 4 fully saturated rings. The summed E-state index contributed by atoms with van der Waals surface area (Å²) in [6, 6.07) is 5.69. The van der Waals surface area contributed by atoms with Gasteiger partial charge in [0.25, 0.3) is 0 Å². The lowest BCUT2D eigenvalue weighted by molar-refractivity contribution is -0.00688. The fourth-order valence-corrected chi connectivity index (χ4v) is 7.24. The van der Waals surface area contributed by atoms with Crippen molar-refractivity contribution in [1.82, 2.24) is 4.98 Å². The molecule has 0 atom stereocenters. The summed E-state index contributed by atoms with van der Waals surface area (Å²) < 4.78 is 10.9. The van der Waals surface area contributed by atoms with Crippen LogP contribution in [0, 0.1) is 17.8 Å². The van der Waals surface area contributed by atoms with Gasteiger partial charge in [-0.15, -0.1) is 11.3 Å². The van der Waals surface area contributed by atoms with Gasteiger partial charge in [-0.25, -0.2) is 9.98 Å². The number of rotatable bonds is 6. The normalized spacial score (nSPS) is 29.8. The SMILES string of the molecule is COc1cccc(OC)c1CN=C(N)Nc1nc(C23CC4CC(CC(C4)C2)C3)cs1. The molecule has 1 aromatic heterocycles. The largest absolute Gasteiger partial charge is 0.496 e. The second-order valence-corrected chi connectivity index (χ2v) is 10.1. The Morgan fingerprint density at radius 1 is 1.13 bits per heavy atom. The Kier molecular flexibility index (Phi) is 5.09. The molecule has 0 radical (unpaired) electrons. The second kappa shape index (κ2) is 7.76.